The van der Waals surface area contributed by atoms with Crippen molar-refractivity contribution < 1.29 is 12.9 Å². The third-order valence-corrected chi connectivity index (χ3v) is 3.91. The number of aryl methyl sites for hydroxylation is 1. The molecule has 1 aromatic rings. The van der Waals surface area contributed by atoms with Crippen molar-refractivity contribution in [1.29, 1.82) is 0 Å². The van der Waals surface area contributed by atoms with Crippen LogP contribution in [-0.4, -0.2) is 30.7 Å². The quantitative estimate of drug-likeness (QED) is 0.762. The van der Waals surface area contributed by atoms with Crippen LogP contribution in [0.2, 0.25) is 0 Å². The number of hydrogen-bond acceptors (Lipinski definition) is 4. The summed E-state index contributed by atoms with van der Waals surface area (Å²) in [7, 11) is -3.14. The molecule has 15 heavy (non-hydrogen) atoms. The SMILES string of the molecule is Cc1cc([C@@H]2CCCN2S(C)(=O)=O)no1. The maximum absolute atomic E-state index is 11.5. The summed E-state index contributed by atoms with van der Waals surface area (Å²) in [4.78, 5) is 0. The van der Waals surface area contributed by atoms with Gasteiger partial charge in [0.15, 0.2) is 0 Å². The van der Waals surface area contributed by atoms with Gasteiger partial charge in [-0.15, -0.1) is 0 Å². The smallest absolute Gasteiger partial charge is 0.211 e. The summed E-state index contributed by atoms with van der Waals surface area (Å²) >= 11 is 0. The lowest BCUT2D eigenvalue weighted by molar-refractivity contribution is 0.351. The average Bonchev–Trinajstić information content (AvgIpc) is 2.68. The molecule has 0 aromatic carbocycles. The first kappa shape index (κ1) is 10.6. The Bertz CT molecular complexity index is 452. The zero-order chi connectivity index (χ0) is 11.1. The summed E-state index contributed by atoms with van der Waals surface area (Å²) in [6, 6.07) is 1.66. The summed E-state index contributed by atoms with van der Waals surface area (Å²) in [5.74, 6) is 0.713. The Balaban J connectivity index is 2.30. The molecular weight excluding hydrogens is 216 g/mol. The molecule has 1 aliphatic heterocycles. The van der Waals surface area contributed by atoms with E-state index in [9.17, 15) is 8.42 Å². The lowest BCUT2D eigenvalue weighted by Gasteiger charge is -2.19. The Morgan fingerprint density at radius 1 is 1.60 bits per heavy atom. The Morgan fingerprint density at radius 3 is 2.87 bits per heavy atom. The number of sulfonamides is 1. The molecule has 0 bridgehead atoms. The zero-order valence-corrected chi connectivity index (χ0v) is 9.62. The van der Waals surface area contributed by atoms with Gasteiger partial charge in [0, 0.05) is 12.6 Å². The van der Waals surface area contributed by atoms with E-state index in [1.54, 1.807) is 13.0 Å². The average molecular weight is 230 g/mol. The summed E-state index contributed by atoms with van der Waals surface area (Å²) in [5, 5.41) is 3.88. The molecule has 5 nitrogen and oxygen atoms in total. The Morgan fingerprint density at radius 2 is 2.33 bits per heavy atom. The van der Waals surface area contributed by atoms with Crippen molar-refractivity contribution in [2.45, 2.75) is 25.8 Å². The predicted octanol–water partition coefficient (Wildman–Crippen LogP) is 1.08. The molecule has 84 valence electrons. The van der Waals surface area contributed by atoms with Crippen LogP contribution in [0.15, 0.2) is 10.6 Å². The van der Waals surface area contributed by atoms with Gasteiger partial charge in [0.05, 0.1) is 12.3 Å². The number of aromatic nitrogens is 1. The van der Waals surface area contributed by atoms with Gasteiger partial charge in [-0.1, -0.05) is 5.16 Å². The maximum Gasteiger partial charge on any atom is 0.211 e. The molecule has 0 N–H and O–H groups in total. The van der Waals surface area contributed by atoms with Gasteiger partial charge in [-0.05, 0) is 19.8 Å². The maximum atomic E-state index is 11.5. The molecule has 2 rings (SSSR count). The molecule has 0 spiro atoms. The van der Waals surface area contributed by atoms with Gasteiger partial charge in [-0.25, -0.2) is 8.42 Å². The number of nitrogens with zero attached hydrogens (tertiary/aromatic N) is 2. The van der Waals surface area contributed by atoms with Gasteiger partial charge >= 0.3 is 0 Å². The highest BCUT2D eigenvalue weighted by Crippen LogP contribution is 2.33. The van der Waals surface area contributed by atoms with E-state index in [1.807, 2.05) is 0 Å². The molecule has 1 fully saturated rings. The Kier molecular flexibility index (Phi) is 2.56. The van der Waals surface area contributed by atoms with Crippen LogP contribution in [0.5, 0.6) is 0 Å². The molecular formula is C9H14N2O3S. The standard InChI is InChI=1S/C9H14N2O3S/c1-7-6-8(10-14-7)9-4-3-5-11(9)15(2,12)13/h6,9H,3-5H2,1-2H3/t9-/m0/s1. The number of hydrogen-bond donors (Lipinski definition) is 0. The minimum atomic E-state index is -3.14. The van der Waals surface area contributed by atoms with Crippen LogP contribution in [0.4, 0.5) is 0 Å². The molecule has 0 saturated carbocycles. The third-order valence-electron chi connectivity index (χ3n) is 2.62. The van der Waals surface area contributed by atoms with Crippen molar-refractivity contribution in [2.24, 2.45) is 0 Å². The van der Waals surface area contributed by atoms with Gasteiger partial charge in [-0.2, -0.15) is 4.31 Å². The van der Waals surface area contributed by atoms with Crippen molar-refractivity contribution >= 4 is 10.0 Å². The first-order valence-electron chi connectivity index (χ1n) is 4.88. The molecule has 0 radical (unpaired) electrons. The third kappa shape index (κ3) is 2.05. The van der Waals surface area contributed by atoms with E-state index < -0.39 is 10.0 Å². The lowest BCUT2D eigenvalue weighted by atomic mass is 10.1. The van der Waals surface area contributed by atoms with E-state index in [0.29, 0.717) is 12.3 Å². The van der Waals surface area contributed by atoms with Gasteiger partial charge in [0.2, 0.25) is 10.0 Å². The van der Waals surface area contributed by atoms with Crippen molar-refractivity contribution in [2.75, 3.05) is 12.8 Å². The highest BCUT2D eigenvalue weighted by atomic mass is 32.2. The van der Waals surface area contributed by atoms with Crippen LogP contribution < -0.4 is 0 Å². The van der Waals surface area contributed by atoms with E-state index in [0.717, 1.165) is 18.5 Å². The number of rotatable bonds is 2. The van der Waals surface area contributed by atoms with Gasteiger partial charge in [0.1, 0.15) is 11.5 Å². The van der Waals surface area contributed by atoms with E-state index in [-0.39, 0.29) is 6.04 Å². The molecule has 0 amide bonds. The fraction of sp³-hybridized carbons (Fsp3) is 0.667. The molecule has 1 aromatic heterocycles. The first-order chi connectivity index (χ1) is 6.98. The summed E-state index contributed by atoms with van der Waals surface area (Å²) in [6.07, 6.45) is 2.93. The van der Waals surface area contributed by atoms with Crippen LogP contribution in [0, 0.1) is 6.92 Å². The van der Waals surface area contributed by atoms with Gasteiger partial charge < -0.3 is 4.52 Å². The van der Waals surface area contributed by atoms with Crippen molar-refractivity contribution in [3.05, 3.63) is 17.5 Å². The second kappa shape index (κ2) is 3.61. The molecule has 2 heterocycles. The second-order valence-corrected chi connectivity index (χ2v) is 5.83. The molecule has 1 atom stereocenters. The van der Waals surface area contributed by atoms with E-state index >= 15 is 0 Å². The van der Waals surface area contributed by atoms with E-state index in [2.05, 4.69) is 5.16 Å². The van der Waals surface area contributed by atoms with Gasteiger partial charge in [-0.3, -0.25) is 0 Å². The van der Waals surface area contributed by atoms with Crippen LogP contribution in [0.3, 0.4) is 0 Å². The topological polar surface area (TPSA) is 63.4 Å². The van der Waals surface area contributed by atoms with Crippen LogP contribution in [0.25, 0.3) is 0 Å². The molecule has 1 saturated heterocycles. The van der Waals surface area contributed by atoms with Crippen LogP contribution >= 0.6 is 0 Å². The normalized spacial score (nSPS) is 23.5. The van der Waals surface area contributed by atoms with E-state index in [4.69, 9.17) is 4.52 Å². The molecule has 6 heteroatoms. The Labute approximate surface area is 89.1 Å². The minimum Gasteiger partial charge on any atom is -0.361 e. The van der Waals surface area contributed by atoms with Crippen LogP contribution in [0.1, 0.15) is 30.3 Å². The molecule has 0 unspecified atom stereocenters. The van der Waals surface area contributed by atoms with E-state index in [1.165, 1.54) is 10.6 Å². The molecule has 0 aliphatic carbocycles. The second-order valence-electron chi connectivity index (χ2n) is 3.89. The fourth-order valence-corrected chi connectivity index (χ4v) is 3.11. The van der Waals surface area contributed by atoms with Crippen molar-refractivity contribution in [1.82, 2.24) is 9.46 Å². The fourth-order valence-electron chi connectivity index (χ4n) is 1.98. The minimum absolute atomic E-state index is 0.141. The first-order valence-corrected chi connectivity index (χ1v) is 6.73. The summed E-state index contributed by atoms with van der Waals surface area (Å²) < 4.78 is 29.4. The monoisotopic (exact) mass is 230 g/mol. The molecule has 1 aliphatic rings. The van der Waals surface area contributed by atoms with Gasteiger partial charge in [0.25, 0.3) is 0 Å². The highest BCUT2D eigenvalue weighted by Gasteiger charge is 2.34. The summed E-state index contributed by atoms with van der Waals surface area (Å²) in [6.45, 7) is 2.38. The predicted molar refractivity (Wildman–Crippen MR) is 54.8 cm³/mol. The van der Waals surface area contributed by atoms with Crippen molar-refractivity contribution in [3.8, 4) is 0 Å². The Hall–Kier alpha value is -0.880. The largest absolute Gasteiger partial charge is 0.361 e. The summed E-state index contributed by atoms with van der Waals surface area (Å²) in [5.41, 5.74) is 0.718. The zero-order valence-electron chi connectivity index (χ0n) is 8.80. The highest BCUT2D eigenvalue weighted by molar-refractivity contribution is 7.88. The van der Waals surface area contributed by atoms with Crippen molar-refractivity contribution in [3.63, 3.8) is 0 Å². The lowest BCUT2D eigenvalue weighted by Crippen LogP contribution is -2.29. The van der Waals surface area contributed by atoms with Crippen LogP contribution in [-0.2, 0) is 10.0 Å².